The van der Waals surface area contributed by atoms with Gasteiger partial charge < -0.3 is 5.32 Å². The van der Waals surface area contributed by atoms with Crippen LogP contribution in [0.4, 0.5) is 0 Å². The lowest BCUT2D eigenvalue weighted by Gasteiger charge is -2.19. The second kappa shape index (κ2) is 8.23. The molecular weight excluding hydrogens is 274 g/mol. The Morgan fingerprint density at radius 3 is 2.60 bits per heavy atom. The van der Waals surface area contributed by atoms with Gasteiger partial charge in [-0.15, -0.1) is 0 Å². The van der Waals surface area contributed by atoms with Gasteiger partial charge in [-0.05, 0) is 30.6 Å². The summed E-state index contributed by atoms with van der Waals surface area (Å²) in [6.07, 6.45) is 4.18. The molecular formula is C14H17N3O2S. The average molecular weight is 291 g/mol. The van der Waals surface area contributed by atoms with E-state index in [0.29, 0.717) is 12.0 Å². The van der Waals surface area contributed by atoms with Crippen LogP contribution in [-0.2, 0) is 4.79 Å². The quantitative estimate of drug-likeness (QED) is 0.636. The first-order valence-corrected chi connectivity index (χ1v) is 7.51. The van der Waals surface area contributed by atoms with Crippen molar-refractivity contribution in [2.24, 2.45) is 0 Å². The highest BCUT2D eigenvalue weighted by atomic mass is 32.2. The molecule has 5 nitrogen and oxygen atoms in total. The molecule has 0 aliphatic heterocycles. The number of nitrogens with zero attached hydrogens (tertiary/aromatic N) is 2. The van der Waals surface area contributed by atoms with E-state index in [1.807, 2.05) is 12.3 Å². The minimum Gasteiger partial charge on any atom is -0.340 e. The monoisotopic (exact) mass is 291 g/mol. The molecule has 0 heterocycles. The highest BCUT2D eigenvalue weighted by molar-refractivity contribution is 7.98. The van der Waals surface area contributed by atoms with Crippen LogP contribution in [0.25, 0.3) is 0 Å². The minimum absolute atomic E-state index is 0.309. The third-order valence-electron chi connectivity index (χ3n) is 2.73. The standard InChI is InChI=1S/C14H17N3O2S/c1-17(10-15)14(19)12(8-9-20-2)16-13(18)11-6-4-3-5-7-11/h3-7,12H,8-9H2,1-2H3,(H,16,18)/t12-/m0/s1. The Morgan fingerprint density at radius 1 is 1.40 bits per heavy atom. The van der Waals surface area contributed by atoms with Crippen molar-refractivity contribution in [1.29, 1.82) is 5.26 Å². The van der Waals surface area contributed by atoms with Gasteiger partial charge in [0.2, 0.25) is 0 Å². The predicted molar refractivity (Wildman–Crippen MR) is 79.1 cm³/mol. The first kappa shape index (κ1) is 16.1. The van der Waals surface area contributed by atoms with Gasteiger partial charge in [0.1, 0.15) is 6.04 Å². The summed E-state index contributed by atoms with van der Waals surface area (Å²) in [5, 5.41) is 11.5. The number of thioether (sulfide) groups is 1. The van der Waals surface area contributed by atoms with Crippen LogP contribution in [0.3, 0.4) is 0 Å². The number of benzene rings is 1. The van der Waals surface area contributed by atoms with Crippen molar-refractivity contribution in [1.82, 2.24) is 10.2 Å². The Labute approximate surface area is 122 Å². The maximum Gasteiger partial charge on any atom is 0.257 e. The van der Waals surface area contributed by atoms with E-state index >= 15 is 0 Å². The molecule has 2 amide bonds. The summed E-state index contributed by atoms with van der Waals surface area (Å²) in [5.41, 5.74) is 0.495. The lowest BCUT2D eigenvalue weighted by molar-refractivity contribution is -0.129. The molecule has 0 aliphatic rings. The molecule has 0 saturated carbocycles. The van der Waals surface area contributed by atoms with E-state index in [-0.39, 0.29) is 5.91 Å². The van der Waals surface area contributed by atoms with Crippen molar-refractivity contribution in [3.63, 3.8) is 0 Å². The van der Waals surface area contributed by atoms with Crippen molar-refractivity contribution in [2.75, 3.05) is 19.1 Å². The summed E-state index contributed by atoms with van der Waals surface area (Å²) < 4.78 is 0. The second-order valence-electron chi connectivity index (χ2n) is 4.17. The van der Waals surface area contributed by atoms with E-state index in [4.69, 9.17) is 5.26 Å². The molecule has 1 aromatic rings. The van der Waals surface area contributed by atoms with Gasteiger partial charge in [-0.3, -0.25) is 14.5 Å². The third-order valence-corrected chi connectivity index (χ3v) is 3.37. The van der Waals surface area contributed by atoms with Crippen molar-refractivity contribution in [2.45, 2.75) is 12.5 Å². The zero-order valence-corrected chi connectivity index (χ0v) is 12.3. The number of hydrogen-bond acceptors (Lipinski definition) is 4. The smallest absolute Gasteiger partial charge is 0.257 e. The highest BCUT2D eigenvalue weighted by Crippen LogP contribution is 2.06. The lowest BCUT2D eigenvalue weighted by atomic mass is 10.1. The molecule has 0 aromatic heterocycles. The van der Waals surface area contributed by atoms with Crippen molar-refractivity contribution < 1.29 is 9.59 Å². The number of carbonyl (C=O) groups is 2. The van der Waals surface area contributed by atoms with Crippen molar-refractivity contribution in [3.8, 4) is 6.19 Å². The van der Waals surface area contributed by atoms with E-state index in [1.165, 1.54) is 7.05 Å². The van der Waals surface area contributed by atoms with Gasteiger partial charge in [0.25, 0.3) is 11.8 Å². The van der Waals surface area contributed by atoms with E-state index in [9.17, 15) is 9.59 Å². The first-order valence-electron chi connectivity index (χ1n) is 6.12. The fourth-order valence-corrected chi connectivity index (χ4v) is 2.08. The SMILES string of the molecule is CSCC[C@H](NC(=O)c1ccccc1)C(=O)N(C)C#N. The van der Waals surface area contributed by atoms with Crippen LogP contribution in [-0.4, -0.2) is 41.8 Å². The molecule has 0 radical (unpaired) electrons. The third kappa shape index (κ3) is 4.59. The van der Waals surface area contributed by atoms with Gasteiger partial charge in [-0.1, -0.05) is 18.2 Å². The molecule has 0 saturated heterocycles. The number of amides is 2. The number of nitrogens with one attached hydrogen (secondary N) is 1. The number of likely N-dealkylation sites (N-methyl/N-ethyl adjacent to an activating group) is 1. The minimum atomic E-state index is -0.681. The molecule has 1 N–H and O–H groups in total. The van der Waals surface area contributed by atoms with Crippen LogP contribution in [0.15, 0.2) is 30.3 Å². The van der Waals surface area contributed by atoms with Crippen LogP contribution in [0.2, 0.25) is 0 Å². The summed E-state index contributed by atoms with van der Waals surface area (Å²) in [6, 6.07) is 8.01. The molecule has 106 valence electrons. The number of rotatable bonds is 6. The van der Waals surface area contributed by atoms with Gasteiger partial charge in [0, 0.05) is 12.6 Å². The second-order valence-corrected chi connectivity index (χ2v) is 5.16. The Hall–Kier alpha value is -2.00. The van der Waals surface area contributed by atoms with Crippen LogP contribution < -0.4 is 5.32 Å². The first-order chi connectivity index (χ1) is 9.60. The zero-order chi connectivity index (χ0) is 15.0. The molecule has 0 fully saturated rings. The summed E-state index contributed by atoms with van der Waals surface area (Å²) in [4.78, 5) is 25.0. The molecule has 0 aliphatic carbocycles. The van der Waals surface area contributed by atoms with Crippen molar-refractivity contribution >= 4 is 23.6 Å². The summed E-state index contributed by atoms with van der Waals surface area (Å²) in [6.45, 7) is 0. The summed E-state index contributed by atoms with van der Waals surface area (Å²) in [7, 11) is 1.39. The van der Waals surface area contributed by atoms with E-state index in [1.54, 1.807) is 42.2 Å². The molecule has 1 atom stereocenters. The maximum absolute atomic E-state index is 12.1. The molecule has 1 rings (SSSR count). The molecule has 1 aromatic carbocycles. The van der Waals surface area contributed by atoms with E-state index in [2.05, 4.69) is 5.32 Å². The normalized spacial score (nSPS) is 11.2. The molecule has 6 heteroatoms. The Bertz CT molecular complexity index is 499. The number of carbonyl (C=O) groups excluding carboxylic acids is 2. The van der Waals surface area contributed by atoms with Gasteiger partial charge in [-0.2, -0.15) is 17.0 Å². The topological polar surface area (TPSA) is 73.2 Å². The highest BCUT2D eigenvalue weighted by Gasteiger charge is 2.24. The molecule has 0 bridgehead atoms. The number of nitriles is 1. The van der Waals surface area contributed by atoms with Crippen LogP contribution in [0.1, 0.15) is 16.8 Å². The predicted octanol–water partition coefficient (Wildman–Crippen LogP) is 1.48. The largest absolute Gasteiger partial charge is 0.340 e. The molecule has 0 spiro atoms. The van der Waals surface area contributed by atoms with Gasteiger partial charge in [0.05, 0.1) is 0 Å². The van der Waals surface area contributed by atoms with Gasteiger partial charge in [-0.25, -0.2) is 0 Å². The Morgan fingerprint density at radius 2 is 2.05 bits per heavy atom. The van der Waals surface area contributed by atoms with Gasteiger partial charge >= 0.3 is 0 Å². The molecule has 20 heavy (non-hydrogen) atoms. The number of hydrogen-bond donors (Lipinski definition) is 1. The zero-order valence-electron chi connectivity index (χ0n) is 11.5. The van der Waals surface area contributed by atoms with Crippen LogP contribution in [0.5, 0.6) is 0 Å². The average Bonchev–Trinajstić information content (AvgIpc) is 2.50. The van der Waals surface area contributed by atoms with Crippen LogP contribution >= 0.6 is 11.8 Å². The maximum atomic E-state index is 12.1. The molecule has 0 unspecified atom stereocenters. The van der Waals surface area contributed by atoms with Crippen LogP contribution in [0, 0.1) is 11.5 Å². The Balaban J connectivity index is 2.77. The fraction of sp³-hybridized carbons (Fsp3) is 0.357. The van der Waals surface area contributed by atoms with E-state index < -0.39 is 11.9 Å². The van der Waals surface area contributed by atoms with E-state index in [0.717, 1.165) is 10.7 Å². The lowest BCUT2D eigenvalue weighted by Crippen LogP contribution is -2.46. The summed E-state index contributed by atoms with van der Waals surface area (Å²) >= 11 is 1.58. The van der Waals surface area contributed by atoms with Gasteiger partial charge in [0.15, 0.2) is 6.19 Å². The van der Waals surface area contributed by atoms with Crippen molar-refractivity contribution in [3.05, 3.63) is 35.9 Å². The Kier molecular flexibility index (Phi) is 6.60. The fourth-order valence-electron chi connectivity index (χ4n) is 1.61. The summed E-state index contributed by atoms with van der Waals surface area (Å²) in [5.74, 6) is 0.0207.